The van der Waals surface area contributed by atoms with Gasteiger partial charge in [-0.25, -0.2) is 9.78 Å². The first-order valence-corrected chi connectivity index (χ1v) is 6.43. The minimum atomic E-state index is -0.442. The van der Waals surface area contributed by atoms with E-state index in [1.807, 2.05) is 25.1 Å². The maximum absolute atomic E-state index is 11.3. The number of carbonyl (C=O) groups is 1. The molecule has 1 heterocycles. The first kappa shape index (κ1) is 12.9. The summed E-state index contributed by atoms with van der Waals surface area (Å²) in [4.78, 5) is 15.4. The van der Waals surface area contributed by atoms with Crippen LogP contribution in [0.4, 0.5) is 10.8 Å². The van der Waals surface area contributed by atoms with Crippen LogP contribution in [0.15, 0.2) is 23.6 Å². The summed E-state index contributed by atoms with van der Waals surface area (Å²) in [5.41, 5.74) is 2.21. The van der Waals surface area contributed by atoms with Gasteiger partial charge in [-0.3, -0.25) is 0 Å². The number of esters is 1. The van der Waals surface area contributed by atoms with E-state index in [-0.39, 0.29) is 0 Å². The fourth-order valence-corrected chi connectivity index (χ4v) is 2.24. The molecule has 4 nitrogen and oxygen atoms in total. The molecule has 1 N–H and O–H groups in total. The maximum Gasteiger partial charge on any atom is 0.357 e. The molecule has 0 radical (unpaired) electrons. The highest BCUT2D eigenvalue weighted by molar-refractivity contribution is 7.14. The lowest BCUT2D eigenvalue weighted by molar-refractivity contribution is 0.0595. The highest BCUT2D eigenvalue weighted by atomic mass is 35.5. The van der Waals surface area contributed by atoms with Crippen molar-refractivity contribution in [2.75, 3.05) is 12.4 Å². The molecule has 0 spiro atoms. The van der Waals surface area contributed by atoms with Gasteiger partial charge in [0.2, 0.25) is 0 Å². The molecule has 0 saturated carbocycles. The van der Waals surface area contributed by atoms with E-state index in [1.54, 1.807) is 5.38 Å². The molecule has 0 aliphatic carbocycles. The summed E-state index contributed by atoms with van der Waals surface area (Å²) in [5, 5.41) is 6.05. The van der Waals surface area contributed by atoms with Gasteiger partial charge in [-0.2, -0.15) is 0 Å². The smallest absolute Gasteiger partial charge is 0.357 e. The topological polar surface area (TPSA) is 51.2 Å². The molecule has 0 fully saturated rings. The van der Waals surface area contributed by atoms with Crippen molar-refractivity contribution in [3.05, 3.63) is 39.9 Å². The van der Waals surface area contributed by atoms with Crippen LogP contribution in [-0.4, -0.2) is 18.1 Å². The van der Waals surface area contributed by atoms with E-state index in [4.69, 9.17) is 11.6 Å². The van der Waals surface area contributed by atoms with E-state index < -0.39 is 5.97 Å². The Morgan fingerprint density at radius 3 is 3.00 bits per heavy atom. The van der Waals surface area contributed by atoms with Crippen molar-refractivity contribution in [1.29, 1.82) is 0 Å². The Bertz CT molecular complexity index is 583. The third-order valence-corrected chi connectivity index (χ3v) is 3.33. The van der Waals surface area contributed by atoms with Crippen molar-refractivity contribution < 1.29 is 9.53 Å². The molecule has 0 aliphatic heterocycles. The molecule has 0 bridgehead atoms. The fraction of sp³-hybridized carbons (Fsp3) is 0.167. The Morgan fingerprint density at radius 1 is 1.50 bits per heavy atom. The van der Waals surface area contributed by atoms with Gasteiger partial charge in [0.05, 0.1) is 7.11 Å². The summed E-state index contributed by atoms with van der Waals surface area (Å²) in [6.07, 6.45) is 0. The molecule has 0 saturated heterocycles. The van der Waals surface area contributed by atoms with Crippen molar-refractivity contribution in [3.63, 3.8) is 0 Å². The van der Waals surface area contributed by atoms with Crippen LogP contribution in [0.5, 0.6) is 0 Å². The van der Waals surface area contributed by atoms with Crippen LogP contribution in [0.3, 0.4) is 0 Å². The Balaban J connectivity index is 2.21. The van der Waals surface area contributed by atoms with E-state index in [1.165, 1.54) is 18.4 Å². The van der Waals surface area contributed by atoms with E-state index in [9.17, 15) is 4.79 Å². The molecule has 2 aromatic rings. The summed E-state index contributed by atoms with van der Waals surface area (Å²) < 4.78 is 4.60. The second-order valence-corrected chi connectivity index (χ2v) is 4.91. The summed E-state index contributed by atoms with van der Waals surface area (Å²) in [6, 6.07) is 5.55. The van der Waals surface area contributed by atoms with Crippen LogP contribution in [0.25, 0.3) is 0 Å². The molecule has 0 amide bonds. The zero-order chi connectivity index (χ0) is 13.1. The van der Waals surface area contributed by atoms with Gasteiger partial charge in [-0.15, -0.1) is 11.3 Å². The van der Waals surface area contributed by atoms with Gasteiger partial charge >= 0.3 is 5.97 Å². The lowest BCUT2D eigenvalue weighted by atomic mass is 10.2. The number of aromatic nitrogens is 1. The van der Waals surface area contributed by atoms with Crippen LogP contribution < -0.4 is 5.32 Å². The molecule has 1 aromatic carbocycles. The first-order chi connectivity index (χ1) is 8.60. The van der Waals surface area contributed by atoms with Gasteiger partial charge in [0.1, 0.15) is 0 Å². The number of hydrogen-bond acceptors (Lipinski definition) is 5. The monoisotopic (exact) mass is 282 g/mol. The Kier molecular flexibility index (Phi) is 3.84. The van der Waals surface area contributed by atoms with Gasteiger partial charge < -0.3 is 10.1 Å². The number of nitrogens with one attached hydrogen (secondary N) is 1. The zero-order valence-electron chi connectivity index (χ0n) is 9.86. The van der Waals surface area contributed by atoms with Crippen molar-refractivity contribution in [1.82, 2.24) is 4.98 Å². The fourth-order valence-electron chi connectivity index (χ4n) is 1.37. The quantitative estimate of drug-likeness (QED) is 0.873. The predicted molar refractivity (Wildman–Crippen MR) is 72.9 cm³/mol. The molecule has 0 atom stereocenters. The number of halogens is 1. The third kappa shape index (κ3) is 2.80. The van der Waals surface area contributed by atoms with Gasteiger partial charge in [-0.1, -0.05) is 17.7 Å². The molecule has 18 heavy (non-hydrogen) atoms. The van der Waals surface area contributed by atoms with Crippen LogP contribution in [0.1, 0.15) is 16.1 Å². The highest BCUT2D eigenvalue weighted by Crippen LogP contribution is 2.26. The number of ether oxygens (including phenoxy) is 1. The van der Waals surface area contributed by atoms with Crippen molar-refractivity contribution in [2.45, 2.75) is 6.92 Å². The molecule has 0 aliphatic rings. The summed E-state index contributed by atoms with van der Waals surface area (Å²) in [6.45, 7) is 1.97. The zero-order valence-corrected chi connectivity index (χ0v) is 11.4. The number of methoxy groups -OCH3 is 1. The van der Waals surface area contributed by atoms with E-state index in [0.717, 1.165) is 11.3 Å². The SMILES string of the molecule is COC(=O)c1csc(Nc2cc(Cl)ccc2C)n1. The maximum atomic E-state index is 11.3. The minimum absolute atomic E-state index is 0.296. The lowest BCUT2D eigenvalue weighted by Crippen LogP contribution is -2.01. The largest absolute Gasteiger partial charge is 0.464 e. The number of thiazole rings is 1. The normalized spacial score (nSPS) is 10.2. The van der Waals surface area contributed by atoms with E-state index in [2.05, 4.69) is 15.0 Å². The Morgan fingerprint density at radius 2 is 2.28 bits per heavy atom. The number of anilines is 2. The number of rotatable bonds is 3. The molecule has 94 valence electrons. The number of carbonyl (C=O) groups excluding carboxylic acids is 1. The number of nitrogens with zero attached hydrogens (tertiary/aromatic N) is 1. The van der Waals surface area contributed by atoms with Gasteiger partial charge in [0.15, 0.2) is 10.8 Å². The van der Waals surface area contributed by atoms with Crippen LogP contribution in [0, 0.1) is 6.92 Å². The lowest BCUT2D eigenvalue weighted by Gasteiger charge is -2.06. The molecular weight excluding hydrogens is 272 g/mol. The average molecular weight is 283 g/mol. The highest BCUT2D eigenvalue weighted by Gasteiger charge is 2.11. The summed E-state index contributed by atoms with van der Waals surface area (Å²) in [7, 11) is 1.33. The molecule has 1 aromatic heterocycles. The van der Waals surface area contributed by atoms with Gasteiger partial charge in [0.25, 0.3) is 0 Å². The van der Waals surface area contributed by atoms with Crippen LogP contribution >= 0.6 is 22.9 Å². The third-order valence-electron chi connectivity index (χ3n) is 2.34. The summed E-state index contributed by atoms with van der Waals surface area (Å²) >= 11 is 7.27. The molecule has 2 rings (SSSR count). The number of aryl methyl sites for hydroxylation is 1. The van der Waals surface area contributed by atoms with Gasteiger partial charge in [-0.05, 0) is 24.6 Å². The van der Waals surface area contributed by atoms with E-state index >= 15 is 0 Å². The molecule has 6 heteroatoms. The second-order valence-electron chi connectivity index (χ2n) is 3.61. The second kappa shape index (κ2) is 5.37. The first-order valence-electron chi connectivity index (χ1n) is 5.17. The predicted octanol–water partition coefficient (Wildman–Crippen LogP) is 3.64. The van der Waals surface area contributed by atoms with Crippen molar-refractivity contribution in [3.8, 4) is 0 Å². The molecule has 0 unspecified atom stereocenters. The van der Waals surface area contributed by atoms with Gasteiger partial charge in [0, 0.05) is 16.1 Å². The van der Waals surface area contributed by atoms with E-state index in [0.29, 0.717) is 15.8 Å². The average Bonchev–Trinajstić information content (AvgIpc) is 2.81. The van der Waals surface area contributed by atoms with Crippen LogP contribution in [0.2, 0.25) is 5.02 Å². The number of benzene rings is 1. The Hall–Kier alpha value is -1.59. The van der Waals surface area contributed by atoms with Crippen LogP contribution in [-0.2, 0) is 4.74 Å². The minimum Gasteiger partial charge on any atom is -0.464 e. The van der Waals surface area contributed by atoms with Crippen molar-refractivity contribution >= 4 is 39.7 Å². The van der Waals surface area contributed by atoms with Crippen molar-refractivity contribution in [2.24, 2.45) is 0 Å². The Labute approximate surface area is 114 Å². The number of hydrogen-bond donors (Lipinski definition) is 1. The standard InChI is InChI=1S/C12H11ClN2O2S/c1-7-3-4-8(13)5-9(7)14-12-15-10(6-18-12)11(16)17-2/h3-6H,1-2H3,(H,14,15). The molecular formula is C12H11ClN2O2S. The summed E-state index contributed by atoms with van der Waals surface area (Å²) in [5.74, 6) is -0.442.